The number of Topliss-reactive ketones (excluding diaryl/α,β-unsaturated/α-hetero) is 1. The molecule has 3 rings (SSSR count). The highest BCUT2D eigenvalue weighted by molar-refractivity contribution is 5.85. The number of hydrogen-bond donors (Lipinski definition) is 0. The minimum Gasteiger partial charge on any atom is -1.00 e. The van der Waals surface area contributed by atoms with Gasteiger partial charge in [0.25, 0.3) is 0 Å². The van der Waals surface area contributed by atoms with Gasteiger partial charge in [-0.2, -0.15) is 0 Å². The van der Waals surface area contributed by atoms with E-state index in [4.69, 9.17) is 0 Å². The molecule has 0 spiro atoms. The zero-order valence-electron chi connectivity index (χ0n) is 19.0. The quantitative estimate of drug-likeness (QED) is 0.566. The molecule has 2 aromatic rings. The largest absolute Gasteiger partial charge is 1.00 e. The molecule has 0 saturated carbocycles. The third-order valence-corrected chi connectivity index (χ3v) is 6.96. The lowest BCUT2D eigenvalue weighted by Crippen LogP contribution is -3.00. The van der Waals surface area contributed by atoms with E-state index in [1.807, 2.05) is 0 Å². The van der Waals surface area contributed by atoms with Gasteiger partial charge in [-0.15, -0.1) is 0 Å². The first-order chi connectivity index (χ1) is 14.1. The first kappa shape index (κ1) is 24.8. The summed E-state index contributed by atoms with van der Waals surface area (Å²) in [5, 5.41) is 0. The molecule has 2 aromatic carbocycles. The van der Waals surface area contributed by atoms with Gasteiger partial charge in [0.05, 0.1) is 13.1 Å². The van der Waals surface area contributed by atoms with Crippen LogP contribution in [0.4, 0.5) is 0 Å². The van der Waals surface area contributed by atoms with Gasteiger partial charge >= 0.3 is 0 Å². The van der Waals surface area contributed by atoms with E-state index in [0.717, 1.165) is 30.5 Å². The fourth-order valence-corrected chi connectivity index (χ4v) is 5.36. The van der Waals surface area contributed by atoms with E-state index < -0.39 is 0 Å². The Hall–Kier alpha value is -1.45. The number of carbonyl (C=O) groups excluding carboxylic acids is 1. The average Bonchev–Trinajstić information content (AvgIpc) is 2.69. The van der Waals surface area contributed by atoms with Crippen molar-refractivity contribution in [3.05, 3.63) is 70.8 Å². The number of quaternary nitrogens is 1. The van der Waals surface area contributed by atoms with Gasteiger partial charge in [-0.3, -0.25) is 4.79 Å². The summed E-state index contributed by atoms with van der Waals surface area (Å²) in [5.41, 5.74) is 5.10. The molecule has 0 N–H and O–H groups in total. The Morgan fingerprint density at radius 3 is 2.00 bits per heavy atom. The van der Waals surface area contributed by atoms with Gasteiger partial charge in [0, 0.05) is 18.4 Å². The molecule has 0 aromatic heterocycles. The van der Waals surface area contributed by atoms with E-state index >= 15 is 0 Å². The Morgan fingerprint density at radius 1 is 0.867 bits per heavy atom. The number of halogens is 1. The van der Waals surface area contributed by atoms with Gasteiger partial charge in [-0.1, -0.05) is 61.9 Å². The molecular weight excluding hydrogens is 434 g/mol. The van der Waals surface area contributed by atoms with Crippen molar-refractivity contribution < 1.29 is 26.3 Å². The van der Waals surface area contributed by atoms with Crippen LogP contribution in [0.2, 0.25) is 0 Å². The summed E-state index contributed by atoms with van der Waals surface area (Å²) in [6.45, 7) is 9.74. The van der Waals surface area contributed by atoms with Crippen molar-refractivity contribution in [1.82, 2.24) is 0 Å². The van der Waals surface area contributed by atoms with Crippen molar-refractivity contribution in [2.45, 2.75) is 78.3 Å². The predicted octanol–water partition coefficient (Wildman–Crippen LogP) is 3.18. The second kappa shape index (κ2) is 11.8. The molecule has 0 bridgehead atoms. The minimum atomic E-state index is 0. The van der Waals surface area contributed by atoms with Gasteiger partial charge in [0.15, 0.2) is 5.78 Å². The molecule has 3 heteroatoms. The molecule has 1 unspecified atom stereocenters. The number of benzene rings is 2. The highest BCUT2D eigenvalue weighted by atomic mass is 79.9. The zero-order valence-corrected chi connectivity index (χ0v) is 20.6. The molecule has 1 aliphatic rings. The van der Waals surface area contributed by atoms with Crippen molar-refractivity contribution in [2.24, 2.45) is 0 Å². The second-order valence-electron chi connectivity index (χ2n) is 9.01. The molecular formula is C27H38BrNO. The molecule has 164 valence electrons. The molecule has 1 fully saturated rings. The van der Waals surface area contributed by atoms with Crippen LogP contribution in [-0.4, -0.2) is 29.4 Å². The molecule has 1 aliphatic heterocycles. The maximum atomic E-state index is 13.7. The highest BCUT2D eigenvalue weighted by Crippen LogP contribution is 2.29. The van der Waals surface area contributed by atoms with Crippen LogP contribution in [0.5, 0.6) is 0 Å². The van der Waals surface area contributed by atoms with Crippen molar-refractivity contribution >= 4 is 5.78 Å². The lowest BCUT2D eigenvalue weighted by atomic mass is 9.91. The highest BCUT2D eigenvalue weighted by Gasteiger charge is 2.40. The SMILES string of the molecule is CCC(C(=O)Cc1c(C)cccc1C)[N+]1(Cc2ccccc2)CCCCCCC1.[Br-]. The molecule has 0 aliphatic carbocycles. The Kier molecular flexibility index (Phi) is 9.77. The van der Waals surface area contributed by atoms with Crippen LogP contribution in [0.1, 0.15) is 67.7 Å². The molecule has 1 atom stereocenters. The standard InChI is InChI=1S/C27H38NO.BrH/c1-4-26(27(29)20-25-22(2)14-13-15-23(25)3)28(18-11-6-5-7-12-19-28)21-24-16-9-8-10-17-24;/h8-10,13-17,26H,4-7,11-12,18-21H2,1-3H3;1H/q+1;/p-1. The predicted molar refractivity (Wildman–Crippen MR) is 122 cm³/mol. The van der Waals surface area contributed by atoms with E-state index in [0.29, 0.717) is 12.2 Å². The van der Waals surface area contributed by atoms with E-state index in [-0.39, 0.29) is 23.0 Å². The van der Waals surface area contributed by atoms with Crippen LogP contribution in [0.15, 0.2) is 48.5 Å². The van der Waals surface area contributed by atoms with Crippen LogP contribution in [0, 0.1) is 13.8 Å². The van der Waals surface area contributed by atoms with Crippen molar-refractivity contribution in [2.75, 3.05) is 13.1 Å². The Balaban J connectivity index is 0.00000320. The molecule has 0 radical (unpaired) electrons. The van der Waals surface area contributed by atoms with Crippen molar-refractivity contribution in [1.29, 1.82) is 0 Å². The van der Waals surface area contributed by atoms with E-state index in [1.165, 1.54) is 54.4 Å². The zero-order chi connectivity index (χ0) is 20.7. The Morgan fingerprint density at radius 2 is 1.43 bits per heavy atom. The summed E-state index contributed by atoms with van der Waals surface area (Å²) < 4.78 is 0.949. The van der Waals surface area contributed by atoms with Gasteiger partial charge in [0.2, 0.25) is 0 Å². The third kappa shape index (κ3) is 6.04. The summed E-state index contributed by atoms with van der Waals surface area (Å²) in [5.74, 6) is 0.432. The third-order valence-electron chi connectivity index (χ3n) is 6.96. The van der Waals surface area contributed by atoms with E-state index in [9.17, 15) is 4.79 Å². The molecule has 1 saturated heterocycles. The number of nitrogens with zero attached hydrogens (tertiary/aromatic N) is 1. The summed E-state index contributed by atoms with van der Waals surface area (Å²) in [6.07, 6.45) is 7.92. The summed E-state index contributed by atoms with van der Waals surface area (Å²) in [4.78, 5) is 13.7. The Labute approximate surface area is 194 Å². The number of likely N-dealkylation sites (tertiary alicyclic amines) is 1. The monoisotopic (exact) mass is 471 g/mol. The summed E-state index contributed by atoms with van der Waals surface area (Å²) in [6, 6.07) is 17.3. The fraction of sp³-hybridized carbons (Fsp3) is 0.519. The van der Waals surface area contributed by atoms with Crippen LogP contribution in [0.3, 0.4) is 0 Å². The lowest BCUT2D eigenvalue weighted by Gasteiger charge is -2.45. The molecule has 1 heterocycles. The lowest BCUT2D eigenvalue weighted by molar-refractivity contribution is -0.956. The van der Waals surface area contributed by atoms with Crippen molar-refractivity contribution in [3.8, 4) is 0 Å². The maximum Gasteiger partial charge on any atom is 0.194 e. The van der Waals surface area contributed by atoms with Gasteiger partial charge in [-0.25, -0.2) is 0 Å². The normalized spacial score (nSPS) is 17.3. The first-order valence-electron chi connectivity index (χ1n) is 11.5. The number of ketones is 1. The summed E-state index contributed by atoms with van der Waals surface area (Å²) in [7, 11) is 0. The number of rotatable bonds is 7. The second-order valence-corrected chi connectivity index (χ2v) is 9.01. The molecule has 0 amide bonds. The average molecular weight is 473 g/mol. The fourth-order valence-electron chi connectivity index (χ4n) is 5.36. The van der Waals surface area contributed by atoms with Crippen LogP contribution in [0.25, 0.3) is 0 Å². The number of aryl methyl sites for hydroxylation is 2. The number of carbonyl (C=O) groups is 1. The van der Waals surface area contributed by atoms with Gasteiger partial charge < -0.3 is 21.5 Å². The summed E-state index contributed by atoms with van der Waals surface area (Å²) >= 11 is 0. The van der Waals surface area contributed by atoms with Crippen LogP contribution < -0.4 is 17.0 Å². The smallest absolute Gasteiger partial charge is 0.194 e. The van der Waals surface area contributed by atoms with Crippen LogP contribution in [-0.2, 0) is 17.8 Å². The van der Waals surface area contributed by atoms with E-state index in [1.54, 1.807) is 0 Å². The van der Waals surface area contributed by atoms with E-state index in [2.05, 4.69) is 69.3 Å². The minimum absolute atomic E-state index is 0. The topological polar surface area (TPSA) is 17.1 Å². The van der Waals surface area contributed by atoms with Crippen molar-refractivity contribution in [3.63, 3.8) is 0 Å². The van der Waals surface area contributed by atoms with Crippen LogP contribution >= 0.6 is 0 Å². The maximum absolute atomic E-state index is 13.7. The van der Waals surface area contributed by atoms with Gasteiger partial charge in [-0.05, 0) is 56.2 Å². The van der Waals surface area contributed by atoms with Gasteiger partial charge in [0.1, 0.15) is 12.6 Å². The first-order valence-corrected chi connectivity index (χ1v) is 11.5. The molecule has 30 heavy (non-hydrogen) atoms. The Bertz CT molecular complexity index is 774. The number of hydrogen-bond acceptors (Lipinski definition) is 1. The molecule has 2 nitrogen and oxygen atoms in total.